The van der Waals surface area contributed by atoms with Crippen molar-refractivity contribution in [2.45, 2.75) is 20.3 Å². The van der Waals surface area contributed by atoms with Crippen molar-refractivity contribution >= 4 is 23.5 Å². The van der Waals surface area contributed by atoms with Gasteiger partial charge in [-0.1, -0.05) is 17.7 Å². The van der Waals surface area contributed by atoms with Crippen molar-refractivity contribution in [1.82, 2.24) is 4.90 Å². The Balaban J connectivity index is 1.94. The van der Waals surface area contributed by atoms with Crippen LogP contribution in [0.5, 0.6) is 5.75 Å². The van der Waals surface area contributed by atoms with E-state index in [2.05, 4.69) is 0 Å². The van der Waals surface area contributed by atoms with Crippen LogP contribution in [-0.2, 0) is 9.59 Å². The predicted molar refractivity (Wildman–Crippen MR) is 78.6 cm³/mol. The first-order valence-electron chi connectivity index (χ1n) is 6.72. The lowest BCUT2D eigenvalue weighted by Crippen LogP contribution is -2.37. The highest BCUT2D eigenvalue weighted by Crippen LogP contribution is 2.30. The SMILES string of the molecule is Cc1c(Cl)cccc1OCC(=O)N1CCC(C)(C(=O)O)C1. The van der Waals surface area contributed by atoms with Gasteiger partial charge in [0.1, 0.15) is 5.75 Å². The van der Waals surface area contributed by atoms with Gasteiger partial charge in [0.15, 0.2) is 6.61 Å². The van der Waals surface area contributed by atoms with Crippen molar-refractivity contribution in [3.05, 3.63) is 28.8 Å². The lowest BCUT2D eigenvalue weighted by molar-refractivity contribution is -0.147. The molecule has 1 N–H and O–H groups in total. The fourth-order valence-electron chi connectivity index (χ4n) is 2.32. The summed E-state index contributed by atoms with van der Waals surface area (Å²) < 4.78 is 5.50. The fourth-order valence-corrected chi connectivity index (χ4v) is 2.49. The van der Waals surface area contributed by atoms with Gasteiger partial charge in [0.05, 0.1) is 5.41 Å². The number of benzene rings is 1. The van der Waals surface area contributed by atoms with Crippen LogP contribution in [-0.4, -0.2) is 41.6 Å². The molecule has 0 bridgehead atoms. The average Bonchev–Trinajstić information content (AvgIpc) is 2.84. The summed E-state index contributed by atoms with van der Waals surface area (Å²) in [6, 6.07) is 5.26. The molecule has 114 valence electrons. The molecule has 1 aliphatic heterocycles. The van der Waals surface area contributed by atoms with Gasteiger partial charge >= 0.3 is 5.97 Å². The number of rotatable bonds is 4. The molecule has 1 amide bonds. The highest BCUT2D eigenvalue weighted by molar-refractivity contribution is 6.31. The van der Waals surface area contributed by atoms with Crippen molar-refractivity contribution < 1.29 is 19.4 Å². The van der Waals surface area contributed by atoms with E-state index in [0.717, 1.165) is 5.56 Å². The lowest BCUT2D eigenvalue weighted by atomic mass is 9.90. The molecule has 1 aromatic carbocycles. The Kier molecular flexibility index (Phi) is 4.42. The van der Waals surface area contributed by atoms with E-state index in [0.29, 0.717) is 23.7 Å². The van der Waals surface area contributed by atoms with E-state index in [1.165, 1.54) is 4.90 Å². The lowest BCUT2D eigenvalue weighted by Gasteiger charge is -2.20. The van der Waals surface area contributed by atoms with Gasteiger partial charge in [-0.25, -0.2) is 0 Å². The zero-order valence-electron chi connectivity index (χ0n) is 12.1. The molecule has 1 atom stereocenters. The number of carbonyl (C=O) groups is 2. The Morgan fingerprint density at radius 2 is 2.19 bits per heavy atom. The number of aliphatic carboxylic acids is 1. The smallest absolute Gasteiger partial charge is 0.311 e. The highest BCUT2D eigenvalue weighted by Gasteiger charge is 2.42. The summed E-state index contributed by atoms with van der Waals surface area (Å²) in [4.78, 5) is 24.8. The molecular formula is C15H18ClNO4. The Morgan fingerprint density at radius 1 is 1.48 bits per heavy atom. The number of nitrogens with zero attached hydrogens (tertiary/aromatic N) is 1. The third-order valence-electron chi connectivity index (χ3n) is 3.91. The summed E-state index contributed by atoms with van der Waals surface area (Å²) in [5.74, 6) is -0.514. The summed E-state index contributed by atoms with van der Waals surface area (Å²) in [7, 11) is 0. The second kappa shape index (κ2) is 5.93. The number of halogens is 1. The minimum Gasteiger partial charge on any atom is -0.483 e. The van der Waals surface area contributed by atoms with Crippen molar-refractivity contribution in [3.8, 4) is 5.75 Å². The summed E-state index contributed by atoms with van der Waals surface area (Å²) >= 11 is 5.99. The third-order valence-corrected chi connectivity index (χ3v) is 4.32. The maximum atomic E-state index is 12.1. The second-order valence-corrected chi connectivity index (χ2v) is 5.99. The van der Waals surface area contributed by atoms with E-state index in [9.17, 15) is 9.59 Å². The molecule has 1 unspecified atom stereocenters. The molecule has 0 saturated carbocycles. The first-order chi connectivity index (χ1) is 9.83. The van der Waals surface area contributed by atoms with E-state index in [1.807, 2.05) is 6.92 Å². The highest BCUT2D eigenvalue weighted by atomic mass is 35.5. The number of ether oxygens (including phenoxy) is 1. The Bertz CT molecular complexity index is 575. The third kappa shape index (κ3) is 3.29. The standard InChI is InChI=1S/C15H18ClNO4/c1-10-11(16)4-3-5-12(10)21-8-13(18)17-7-6-15(2,9-17)14(19)20/h3-5H,6-9H2,1-2H3,(H,19,20). The molecule has 0 aromatic heterocycles. The zero-order valence-corrected chi connectivity index (χ0v) is 12.8. The van der Waals surface area contributed by atoms with E-state index < -0.39 is 11.4 Å². The largest absolute Gasteiger partial charge is 0.483 e. The van der Waals surface area contributed by atoms with Gasteiger partial charge in [0.25, 0.3) is 5.91 Å². The summed E-state index contributed by atoms with van der Waals surface area (Å²) in [6.07, 6.45) is 0.463. The zero-order chi connectivity index (χ0) is 15.6. The van der Waals surface area contributed by atoms with Crippen LogP contribution < -0.4 is 4.74 Å². The number of likely N-dealkylation sites (tertiary alicyclic amines) is 1. The van der Waals surface area contributed by atoms with Crippen LogP contribution in [0.3, 0.4) is 0 Å². The fraction of sp³-hybridized carbons (Fsp3) is 0.467. The number of carboxylic acid groups (broad SMARTS) is 1. The molecule has 21 heavy (non-hydrogen) atoms. The van der Waals surface area contributed by atoms with Gasteiger partial charge < -0.3 is 14.7 Å². The Morgan fingerprint density at radius 3 is 2.81 bits per heavy atom. The minimum absolute atomic E-state index is 0.114. The molecule has 2 rings (SSSR count). The Hall–Kier alpha value is -1.75. The molecule has 0 spiro atoms. The van der Waals surface area contributed by atoms with E-state index in [4.69, 9.17) is 21.4 Å². The van der Waals surface area contributed by atoms with Crippen molar-refractivity contribution in [2.24, 2.45) is 5.41 Å². The van der Waals surface area contributed by atoms with Crippen molar-refractivity contribution in [2.75, 3.05) is 19.7 Å². The van der Waals surface area contributed by atoms with E-state index in [1.54, 1.807) is 25.1 Å². The molecule has 1 fully saturated rings. The van der Waals surface area contributed by atoms with E-state index >= 15 is 0 Å². The number of carbonyl (C=O) groups excluding carboxylic acids is 1. The number of hydrogen-bond donors (Lipinski definition) is 1. The maximum absolute atomic E-state index is 12.1. The first-order valence-corrected chi connectivity index (χ1v) is 7.10. The van der Waals surface area contributed by atoms with Crippen LogP contribution in [0.4, 0.5) is 0 Å². The number of hydrogen-bond acceptors (Lipinski definition) is 3. The number of amides is 1. The molecule has 0 radical (unpaired) electrons. The molecule has 1 aliphatic rings. The molecule has 1 saturated heterocycles. The van der Waals surface area contributed by atoms with Gasteiger partial charge in [0.2, 0.25) is 0 Å². The van der Waals surface area contributed by atoms with Crippen LogP contribution in [0.2, 0.25) is 5.02 Å². The van der Waals surface area contributed by atoms with Crippen molar-refractivity contribution in [3.63, 3.8) is 0 Å². The molecular weight excluding hydrogens is 294 g/mol. The second-order valence-electron chi connectivity index (χ2n) is 5.58. The monoisotopic (exact) mass is 311 g/mol. The first kappa shape index (κ1) is 15.6. The average molecular weight is 312 g/mol. The van der Waals surface area contributed by atoms with Gasteiger partial charge in [0, 0.05) is 23.7 Å². The molecule has 1 aromatic rings. The van der Waals surface area contributed by atoms with E-state index in [-0.39, 0.29) is 19.1 Å². The van der Waals surface area contributed by atoms with Gasteiger partial charge in [-0.2, -0.15) is 0 Å². The van der Waals surface area contributed by atoms with Crippen LogP contribution in [0.15, 0.2) is 18.2 Å². The van der Waals surface area contributed by atoms with Crippen LogP contribution in [0.25, 0.3) is 0 Å². The summed E-state index contributed by atoms with van der Waals surface area (Å²) in [5.41, 5.74) is -0.0782. The summed E-state index contributed by atoms with van der Waals surface area (Å²) in [5, 5.41) is 9.75. The molecule has 1 heterocycles. The molecule has 5 nitrogen and oxygen atoms in total. The quantitative estimate of drug-likeness (QED) is 0.927. The van der Waals surface area contributed by atoms with Gasteiger partial charge in [-0.15, -0.1) is 0 Å². The van der Waals surface area contributed by atoms with Gasteiger partial charge in [-0.3, -0.25) is 9.59 Å². The summed E-state index contributed by atoms with van der Waals surface area (Å²) in [6.45, 7) is 4.03. The Labute approximate surface area is 128 Å². The molecule has 0 aliphatic carbocycles. The predicted octanol–water partition coefficient (Wildman–Crippen LogP) is 2.35. The van der Waals surface area contributed by atoms with Crippen LogP contribution in [0, 0.1) is 12.3 Å². The van der Waals surface area contributed by atoms with Crippen LogP contribution in [0.1, 0.15) is 18.9 Å². The normalized spacial score (nSPS) is 21.4. The topological polar surface area (TPSA) is 66.8 Å². The van der Waals surface area contributed by atoms with Crippen molar-refractivity contribution in [1.29, 1.82) is 0 Å². The van der Waals surface area contributed by atoms with Gasteiger partial charge in [-0.05, 0) is 32.4 Å². The minimum atomic E-state index is -0.871. The number of carboxylic acids is 1. The molecule has 6 heteroatoms. The maximum Gasteiger partial charge on any atom is 0.311 e. The van der Waals surface area contributed by atoms with Crippen LogP contribution >= 0.6 is 11.6 Å².